The lowest BCUT2D eigenvalue weighted by atomic mass is 10.1. The van der Waals surface area contributed by atoms with Crippen molar-refractivity contribution in [3.63, 3.8) is 0 Å². The zero-order chi connectivity index (χ0) is 15.1. The van der Waals surface area contributed by atoms with Crippen LogP contribution < -0.4 is 10.2 Å². The van der Waals surface area contributed by atoms with Crippen molar-refractivity contribution in [2.45, 2.75) is 51.6 Å². The topological polar surface area (TPSA) is 35.5 Å². The number of halogens is 1. The van der Waals surface area contributed by atoms with Crippen molar-refractivity contribution in [3.8, 4) is 0 Å². The van der Waals surface area contributed by atoms with Crippen LogP contribution in [-0.4, -0.2) is 30.8 Å². The molecule has 0 saturated carbocycles. The molecule has 2 rings (SSSR count). The summed E-state index contributed by atoms with van der Waals surface area (Å²) in [7, 11) is 0. The standard InChI is InChI=1S/C17H27ClN2O/c1-2-10-19-13-14-6-3-9-16(18)17(14)20-11-4-7-15(20)8-5-12-21/h3,6,9,15,19,21H,2,4-5,7-8,10-13H2,1H3. The Morgan fingerprint density at radius 3 is 3.05 bits per heavy atom. The van der Waals surface area contributed by atoms with Crippen molar-refractivity contribution in [3.05, 3.63) is 28.8 Å². The Bertz CT molecular complexity index is 439. The van der Waals surface area contributed by atoms with Crippen molar-refractivity contribution in [2.24, 2.45) is 0 Å². The summed E-state index contributed by atoms with van der Waals surface area (Å²) in [6.07, 6.45) is 5.47. The van der Waals surface area contributed by atoms with E-state index in [-0.39, 0.29) is 6.61 Å². The van der Waals surface area contributed by atoms with Crippen LogP contribution in [-0.2, 0) is 6.54 Å². The molecule has 2 N–H and O–H groups in total. The van der Waals surface area contributed by atoms with Crippen molar-refractivity contribution < 1.29 is 5.11 Å². The zero-order valence-corrected chi connectivity index (χ0v) is 13.7. The van der Waals surface area contributed by atoms with Gasteiger partial charge >= 0.3 is 0 Å². The Balaban J connectivity index is 2.16. The van der Waals surface area contributed by atoms with Gasteiger partial charge in [-0.05, 0) is 50.3 Å². The second-order valence-electron chi connectivity index (χ2n) is 5.78. The normalized spacial score (nSPS) is 18.4. The van der Waals surface area contributed by atoms with Crippen LogP contribution in [0.5, 0.6) is 0 Å². The van der Waals surface area contributed by atoms with Crippen LogP contribution in [0.4, 0.5) is 5.69 Å². The number of para-hydroxylation sites is 1. The molecule has 1 fully saturated rings. The molecule has 0 aromatic heterocycles. The van der Waals surface area contributed by atoms with Crippen LogP contribution in [0.2, 0.25) is 5.02 Å². The first-order valence-corrected chi connectivity index (χ1v) is 8.51. The van der Waals surface area contributed by atoms with E-state index >= 15 is 0 Å². The first kappa shape index (κ1) is 16.6. The Labute approximate surface area is 133 Å². The Kier molecular flexibility index (Phi) is 6.81. The number of aliphatic hydroxyl groups is 1. The average Bonchev–Trinajstić information content (AvgIpc) is 2.93. The van der Waals surface area contributed by atoms with Gasteiger partial charge in [0.1, 0.15) is 0 Å². The second-order valence-corrected chi connectivity index (χ2v) is 6.19. The first-order chi connectivity index (χ1) is 10.3. The molecular formula is C17H27ClN2O. The highest BCUT2D eigenvalue weighted by Crippen LogP contribution is 2.36. The minimum absolute atomic E-state index is 0.276. The van der Waals surface area contributed by atoms with E-state index in [2.05, 4.69) is 23.2 Å². The summed E-state index contributed by atoms with van der Waals surface area (Å²) in [6, 6.07) is 6.71. The summed E-state index contributed by atoms with van der Waals surface area (Å²) in [6.45, 7) is 5.42. The Hall–Kier alpha value is -0.770. The third-order valence-corrected chi connectivity index (χ3v) is 4.48. The third kappa shape index (κ3) is 4.35. The molecule has 0 aliphatic carbocycles. The number of anilines is 1. The SMILES string of the molecule is CCCNCc1cccc(Cl)c1N1CCCC1CCCO. The van der Waals surface area contributed by atoms with E-state index in [4.69, 9.17) is 16.7 Å². The molecule has 3 nitrogen and oxygen atoms in total. The van der Waals surface area contributed by atoms with E-state index in [0.717, 1.165) is 43.9 Å². The van der Waals surface area contributed by atoms with Crippen LogP contribution in [0.1, 0.15) is 44.6 Å². The van der Waals surface area contributed by atoms with Gasteiger partial charge in [-0.2, -0.15) is 0 Å². The fourth-order valence-corrected chi connectivity index (χ4v) is 3.48. The quantitative estimate of drug-likeness (QED) is 0.720. The van der Waals surface area contributed by atoms with Gasteiger partial charge in [0.2, 0.25) is 0 Å². The third-order valence-electron chi connectivity index (χ3n) is 4.17. The van der Waals surface area contributed by atoms with Crippen molar-refractivity contribution in [2.75, 3.05) is 24.6 Å². The summed E-state index contributed by atoms with van der Waals surface area (Å²) in [5.41, 5.74) is 2.48. The molecule has 1 aromatic carbocycles. The Morgan fingerprint density at radius 1 is 1.43 bits per heavy atom. The van der Waals surface area contributed by atoms with Crippen LogP contribution in [0.25, 0.3) is 0 Å². The fourth-order valence-electron chi connectivity index (χ4n) is 3.18. The minimum atomic E-state index is 0.276. The summed E-state index contributed by atoms with van der Waals surface area (Å²) < 4.78 is 0. The molecule has 0 amide bonds. The maximum Gasteiger partial charge on any atom is 0.0643 e. The summed E-state index contributed by atoms with van der Waals surface area (Å²) >= 11 is 6.50. The lowest BCUT2D eigenvalue weighted by Crippen LogP contribution is -2.31. The molecule has 21 heavy (non-hydrogen) atoms. The molecule has 1 aliphatic rings. The van der Waals surface area contributed by atoms with Crippen LogP contribution >= 0.6 is 11.6 Å². The van der Waals surface area contributed by atoms with Crippen LogP contribution in [0.15, 0.2) is 18.2 Å². The largest absolute Gasteiger partial charge is 0.396 e. The summed E-state index contributed by atoms with van der Waals surface area (Å²) in [4.78, 5) is 2.46. The van der Waals surface area contributed by atoms with E-state index in [0.29, 0.717) is 6.04 Å². The average molecular weight is 311 g/mol. The molecule has 4 heteroatoms. The van der Waals surface area contributed by atoms with Gasteiger partial charge in [-0.25, -0.2) is 0 Å². The number of rotatable bonds is 8. The number of nitrogens with zero attached hydrogens (tertiary/aromatic N) is 1. The van der Waals surface area contributed by atoms with Crippen molar-refractivity contribution >= 4 is 17.3 Å². The molecule has 118 valence electrons. The number of hydrogen-bond donors (Lipinski definition) is 2. The lowest BCUT2D eigenvalue weighted by molar-refractivity contribution is 0.279. The predicted octanol–water partition coefficient (Wildman–Crippen LogP) is 3.58. The van der Waals surface area contributed by atoms with E-state index < -0.39 is 0 Å². The molecule has 1 saturated heterocycles. The molecule has 1 atom stereocenters. The van der Waals surface area contributed by atoms with Gasteiger partial charge in [0, 0.05) is 25.7 Å². The van der Waals surface area contributed by atoms with Gasteiger partial charge in [0.15, 0.2) is 0 Å². The Morgan fingerprint density at radius 2 is 2.29 bits per heavy atom. The smallest absolute Gasteiger partial charge is 0.0643 e. The molecule has 0 spiro atoms. The maximum absolute atomic E-state index is 9.08. The molecule has 1 unspecified atom stereocenters. The molecular weight excluding hydrogens is 284 g/mol. The van der Waals surface area contributed by atoms with Crippen molar-refractivity contribution in [1.82, 2.24) is 5.32 Å². The number of hydrogen-bond acceptors (Lipinski definition) is 3. The van der Waals surface area contributed by atoms with Gasteiger partial charge in [-0.15, -0.1) is 0 Å². The lowest BCUT2D eigenvalue weighted by Gasteiger charge is -2.30. The number of benzene rings is 1. The minimum Gasteiger partial charge on any atom is -0.396 e. The monoisotopic (exact) mass is 310 g/mol. The van der Waals surface area contributed by atoms with Crippen LogP contribution in [0, 0.1) is 0 Å². The highest BCUT2D eigenvalue weighted by atomic mass is 35.5. The van der Waals surface area contributed by atoms with Gasteiger partial charge < -0.3 is 15.3 Å². The number of nitrogens with one attached hydrogen (secondary N) is 1. The number of aliphatic hydroxyl groups excluding tert-OH is 1. The van der Waals surface area contributed by atoms with E-state index in [1.54, 1.807) is 0 Å². The molecule has 0 radical (unpaired) electrons. The van der Waals surface area contributed by atoms with Gasteiger partial charge in [-0.1, -0.05) is 30.7 Å². The highest BCUT2D eigenvalue weighted by Gasteiger charge is 2.27. The van der Waals surface area contributed by atoms with E-state index in [1.807, 2.05) is 12.1 Å². The predicted molar refractivity (Wildman–Crippen MR) is 90.1 cm³/mol. The molecule has 0 bridgehead atoms. The second kappa shape index (κ2) is 8.62. The van der Waals surface area contributed by atoms with Gasteiger partial charge in [-0.3, -0.25) is 0 Å². The van der Waals surface area contributed by atoms with E-state index in [1.165, 1.54) is 24.1 Å². The van der Waals surface area contributed by atoms with Gasteiger partial charge in [0.25, 0.3) is 0 Å². The zero-order valence-electron chi connectivity index (χ0n) is 12.9. The van der Waals surface area contributed by atoms with E-state index in [9.17, 15) is 0 Å². The fraction of sp³-hybridized carbons (Fsp3) is 0.647. The summed E-state index contributed by atoms with van der Waals surface area (Å²) in [5, 5.41) is 13.4. The maximum atomic E-state index is 9.08. The molecule has 1 aromatic rings. The van der Waals surface area contributed by atoms with Crippen molar-refractivity contribution in [1.29, 1.82) is 0 Å². The molecule has 1 heterocycles. The molecule has 1 aliphatic heterocycles. The first-order valence-electron chi connectivity index (χ1n) is 8.13. The highest BCUT2D eigenvalue weighted by molar-refractivity contribution is 6.33. The summed E-state index contributed by atoms with van der Waals surface area (Å²) in [5.74, 6) is 0. The van der Waals surface area contributed by atoms with Gasteiger partial charge in [0.05, 0.1) is 10.7 Å². The van der Waals surface area contributed by atoms with Crippen LogP contribution in [0.3, 0.4) is 0 Å².